The highest BCUT2D eigenvalue weighted by Gasteiger charge is 2.10. The average Bonchev–Trinajstić information content (AvgIpc) is 3.20. The highest BCUT2D eigenvalue weighted by atomic mass is 16.5. The minimum absolute atomic E-state index is 0.0598. The van der Waals surface area contributed by atoms with Crippen LogP contribution in [0.1, 0.15) is 107 Å². The molecule has 1 atom stereocenters. The van der Waals surface area contributed by atoms with Crippen LogP contribution in [0.2, 0.25) is 0 Å². The molecule has 0 saturated heterocycles. The van der Waals surface area contributed by atoms with Crippen molar-refractivity contribution in [3.63, 3.8) is 0 Å². The molecule has 3 aromatic carbocycles. The first-order valence-corrected chi connectivity index (χ1v) is 19.9. The minimum atomic E-state index is -0.427. The van der Waals surface area contributed by atoms with Crippen molar-refractivity contribution in [2.24, 2.45) is 0 Å². The number of carbonyl (C=O) groups excluding carboxylic acids is 3. The van der Waals surface area contributed by atoms with E-state index in [9.17, 15) is 14.4 Å². The number of hydrogen-bond acceptors (Lipinski definition) is 9. The number of carbonyl (C=O) groups is 3. The second kappa shape index (κ2) is 27.7. The predicted octanol–water partition coefficient (Wildman–Crippen LogP) is 10.7. The van der Waals surface area contributed by atoms with Crippen molar-refractivity contribution in [3.05, 3.63) is 104 Å². The molecule has 298 valence electrons. The molecule has 0 aliphatic heterocycles. The van der Waals surface area contributed by atoms with E-state index in [0.29, 0.717) is 43.5 Å². The van der Waals surface area contributed by atoms with E-state index in [2.05, 4.69) is 13.2 Å². The molecule has 0 fully saturated rings. The average molecular weight is 757 g/mol. The van der Waals surface area contributed by atoms with Gasteiger partial charge in [-0.1, -0.05) is 102 Å². The second-order valence-electron chi connectivity index (χ2n) is 13.5. The molecule has 3 aromatic rings. The Morgan fingerprint density at radius 1 is 0.527 bits per heavy atom. The van der Waals surface area contributed by atoms with Crippen molar-refractivity contribution < 1.29 is 42.8 Å². The lowest BCUT2D eigenvalue weighted by Gasteiger charge is -2.15. The summed E-state index contributed by atoms with van der Waals surface area (Å²) in [6.07, 6.45) is 17.4. The Morgan fingerprint density at radius 2 is 0.945 bits per heavy atom. The monoisotopic (exact) mass is 756 g/mol. The van der Waals surface area contributed by atoms with E-state index in [-0.39, 0.29) is 18.0 Å². The van der Waals surface area contributed by atoms with Crippen molar-refractivity contribution in [2.45, 2.75) is 103 Å². The zero-order valence-electron chi connectivity index (χ0n) is 32.7. The number of ether oxygens (including phenoxy) is 6. The van der Waals surface area contributed by atoms with Gasteiger partial charge in [0.25, 0.3) is 0 Å². The van der Waals surface area contributed by atoms with Crippen LogP contribution in [-0.2, 0) is 23.8 Å². The van der Waals surface area contributed by atoms with Crippen LogP contribution in [0.5, 0.6) is 17.2 Å². The maximum absolute atomic E-state index is 12.8. The SMILES string of the molecule is C=CC(=O)OCCCCCCCCCCOC[C@H](C)Oc1ccc(-c2ccc(OC(=O)c3ccc(OCCCCCCCCOC(=O)C=C)cc3)cc2)cc1. The fourth-order valence-electron chi connectivity index (χ4n) is 5.74. The fourth-order valence-corrected chi connectivity index (χ4v) is 5.74. The third kappa shape index (κ3) is 19.8. The summed E-state index contributed by atoms with van der Waals surface area (Å²) in [7, 11) is 0. The van der Waals surface area contributed by atoms with E-state index in [1.165, 1.54) is 37.8 Å². The number of unbranched alkanes of at least 4 members (excludes halogenated alkanes) is 12. The van der Waals surface area contributed by atoms with Crippen LogP contribution in [0.3, 0.4) is 0 Å². The topological polar surface area (TPSA) is 107 Å². The van der Waals surface area contributed by atoms with Gasteiger partial charge in [0.2, 0.25) is 0 Å². The van der Waals surface area contributed by atoms with E-state index in [1.807, 2.05) is 43.3 Å². The van der Waals surface area contributed by atoms with Crippen LogP contribution in [0.4, 0.5) is 0 Å². The molecular weight excluding hydrogens is 696 g/mol. The Kier molecular flexibility index (Phi) is 22.4. The van der Waals surface area contributed by atoms with Gasteiger partial charge in [-0.15, -0.1) is 0 Å². The minimum Gasteiger partial charge on any atom is -0.494 e. The Bertz CT molecular complexity index is 1530. The maximum Gasteiger partial charge on any atom is 0.343 e. The zero-order chi connectivity index (χ0) is 39.4. The largest absolute Gasteiger partial charge is 0.494 e. The lowest BCUT2D eigenvalue weighted by Crippen LogP contribution is -2.19. The van der Waals surface area contributed by atoms with Crippen LogP contribution < -0.4 is 14.2 Å². The molecule has 0 amide bonds. The first-order chi connectivity index (χ1) is 26.9. The molecule has 9 nitrogen and oxygen atoms in total. The molecule has 0 saturated carbocycles. The number of rotatable bonds is 30. The molecule has 9 heteroatoms. The normalized spacial score (nSPS) is 11.3. The summed E-state index contributed by atoms with van der Waals surface area (Å²) >= 11 is 0. The molecule has 0 aromatic heterocycles. The molecular formula is C46H60O9. The first-order valence-electron chi connectivity index (χ1n) is 19.9. The summed E-state index contributed by atoms with van der Waals surface area (Å²) in [5.74, 6) is 0.833. The molecule has 0 aliphatic carbocycles. The van der Waals surface area contributed by atoms with Crippen LogP contribution >= 0.6 is 0 Å². The highest BCUT2D eigenvalue weighted by Crippen LogP contribution is 2.26. The third-order valence-corrected chi connectivity index (χ3v) is 8.84. The van der Waals surface area contributed by atoms with Crippen molar-refractivity contribution in [1.29, 1.82) is 0 Å². The molecule has 55 heavy (non-hydrogen) atoms. The van der Waals surface area contributed by atoms with Gasteiger partial charge in [0, 0.05) is 18.8 Å². The predicted molar refractivity (Wildman–Crippen MR) is 217 cm³/mol. The quantitative estimate of drug-likeness (QED) is 0.0284. The summed E-state index contributed by atoms with van der Waals surface area (Å²) in [5, 5.41) is 0. The van der Waals surface area contributed by atoms with Gasteiger partial charge in [0.1, 0.15) is 23.4 Å². The van der Waals surface area contributed by atoms with Gasteiger partial charge in [0.05, 0.1) is 32.0 Å². The molecule has 0 aliphatic rings. The highest BCUT2D eigenvalue weighted by molar-refractivity contribution is 5.91. The lowest BCUT2D eigenvalue weighted by atomic mass is 10.1. The first kappa shape index (κ1) is 44.5. The summed E-state index contributed by atoms with van der Waals surface area (Å²) in [4.78, 5) is 34.8. The van der Waals surface area contributed by atoms with Crippen LogP contribution in [0.25, 0.3) is 11.1 Å². The number of benzene rings is 3. The Balaban J connectivity index is 1.24. The van der Waals surface area contributed by atoms with Gasteiger partial charge >= 0.3 is 17.9 Å². The van der Waals surface area contributed by atoms with Gasteiger partial charge in [-0.2, -0.15) is 0 Å². The molecule has 0 spiro atoms. The van der Waals surface area contributed by atoms with E-state index in [0.717, 1.165) is 87.7 Å². The van der Waals surface area contributed by atoms with Crippen molar-refractivity contribution in [1.82, 2.24) is 0 Å². The summed E-state index contributed by atoms with van der Waals surface area (Å²) in [6, 6.07) is 22.4. The molecule has 3 rings (SSSR count). The van der Waals surface area contributed by atoms with Crippen molar-refractivity contribution >= 4 is 17.9 Å². The molecule has 0 unspecified atom stereocenters. The number of hydrogen-bond donors (Lipinski definition) is 0. The van der Waals surface area contributed by atoms with E-state index in [4.69, 9.17) is 28.4 Å². The van der Waals surface area contributed by atoms with E-state index in [1.54, 1.807) is 36.4 Å². The van der Waals surface area contributed by atoms with Crippen LogP contribution in [-0.4, -0.2) is 57.0 Å². The zero-order valence-corrected chi connectivity index (χ0v) is 32.7. The van der Waals surface area contributed by atoms with Gasteiger partial charge in [-0.25, -0.2) is 14.4 Å². The lowest BCUT2D eigenvalue weighted by molar-refractivity contribution is -0.138. The second-order valence-corrected chi connectivity index (χ2v) is 13.5. The van der Waals surface area contributed by atoms with E-state index < -0.39 is 5.97 Å². The van der Waals surface area contributed by atoms with Crippen LogP contribution in [0.15, 0.2) is 98.1 Å². The molecule has 0 bridgehead atoms. The third-order valence-electron chi connectivity index (χ3n) is 8.84. The maximum atomic E-state index is 12.8. The van der Waals surface area contributed by atoms with Crippen molar-refractivity contribution in [2.75, 3.05) is 33.0 Å². The van der Waals surface area contributed by atoms with Gasteiger partial charge in [-0.3, -0.25) is 0 Å². The van der Waals surface area contributed by atoms with Crippen LogP contribution in [0, 0.1) is 0 Å². The number of esters is 3. The smallest absolute Gasteiger partial charge is 0.343 e. The van der Waals surface area contributed by atoms with Gasteiger partial charge < -0.3 is 28.4 Å². The van der Waals surface area contributed by atoms with E-state index >= 15 is 0 Å². The molecule has 0 radical (unpaired) electrons. The molecule has 0 N–H and O–H groups in total. The molecule has 0 heterocycles. The Morgan fingerprint density at radius 3 is 1.44 bits per heavy atom. The summed E-state index contributed by atoms with van der Waals surface area (Å²) in [5.41, 5.74) is 2.48. The summed E-state index contributed by atoms with van der Waals surface area (Å²) < 4.78 is 33.3. The Labute approximate surface area is 328 Å². The van der Waals surface area contributed by atoms with Gasteiger partial charge in [0.15, 0.2) is 0 Å². The Hall–Kier alpha value is -4.89. The summed E-state index contributed by atoms with van der Waals surface area (Å²) in [6.45, 7) is 11.6. The van der Waals surface area contributed by atoms with Gasteiger partial charge in [-0.05, 0) is 92.3 Å². The van der Waals surface area contributed by atoms with Crippen molar-refractivity contribution in [3.8, 4) is 28.4 Å². The standard InChI is InChI=1S/C46H60O9/c1-4-44(47)52-34-18-14-9-7-6-8-12-16-32-50-36-37(3)54-42-28-20-38(21-29-42)39-22-30-43(31-23-39)55-46(49)40-24-26-41(27-25-40)51-33-17-13-10-11-15-19-35-53-45(48)5-2/h4-5,20-31,37H,1-2,6-19,32-36H2,3H3/t37-/m0/s1. The fraction of sp³-hybridized carbons (Fsp3) is 0.457.